The van der Waals surface area contributed by atoms with Gasteiger partial charge < -0.3 is 14.8 Å². The monoisotopic (exact) mass is 432 g/mol. The Morgan fingerprint density at radius 1 is 1.16 bits per heavy atom. The molecule has 0 radical (unpaired) electrons. The summed E-state index contributed by atoms with van der Waals surface area (Å²) in [6, 6.07) is 8.27. The molecule has 25 heavy (non-hydrogen) atoms. The highest BCUT2D eigenvalue weighted by Crippen LogP contribution is 2.64. The number of hydrogen-bond acceptors (Lipinski definition) is 5. The van der Waals surface area contributed by atoms with E-state index in [9.17, 15) is 9.36 Å². The van der Waals surface area contributed by atoms with Crippen molar-refractivity contribution in [2.24, 2.45) is 5.73 Å². The van der Waals surface area contributed by atoms with Gasteiger partial charge in [0.15, 0.2) is 5.78 Å². The first-order chi connectivity index (χ1) is 11.8. The number of unbranched alkanes of at least 4 members (excludes halogenated alkanes) is 2. The van der Waals surface area contributed by atoms with Crippen LogP contribution in [0, 0.1) is 5.41 Å². The molecule has 1 unspecified atom stereocenters. The molecule has 1 aromatic rings. The Morgan fingerprint density at radius 3 is 2.04 bits per heavy atom. The molecule has 6 nitrogen and oxygen atoms in total. The van der Waals surface area contributed by atoms with Crippen LogP contribution in [0.3, 0.4) is 0 Å². The topological polar surface area (TPSA) is 102 Å². The van der Waals surface area contributed by atoms with Crippen LogP contribution in [0.4, 0.5) is 0 Å². The summed E-state index contributed by atoms with van der Waals surface area (Å²) < 4.78 is 22.5. The van der Waals surface area contributed by atoms with Crippen molar-refractivity contribution in [2.45, 2.75) is 43.6 Å². The minimum atomic E-state index is -4.06. The zero-order valence-corrected chi connectivity index (χ0v) is 17.1. The first kappa shape index (κ1) is 22.0. The summed E-state index contributed by atoms with van der Waals surface area (Å²) in [6.45, 7) is 4.24. The van der Waals surface area contributed by atoms with Gasteiger partial charge >= 0.3 is 7.60 Å². The summed E-state index contributed by atoms with van der Waals surface area (Å²) in [6.07, 6.45) is 2.97. The lowest BCUT2D eigenvalue weighted by molar-refractivity contribution is 0.0976. The van der Waals surface area contributed by atoms with Gasteiger partial charge in [-0.2, -0.15) is 0 Å². The number of halogens is 1. The van der Waals surface area contributed by atoms with Gasteiger partial charge in [0.1, 0.15) is 5.84 Å². The molecule has 3 N–H and O–H groups in total. The average Bonchev–Trinajstić information content (AvgIpc) is 2.61. The Balaban J connectivity index is 3.27. The van der Waals surface area contributed by atoms with Crippen LogP contribution < -0.4 is 5.73 Å². The predicted octanol–water partition coefficient (Wildman–Crippen LogP) is 4.72. The second kappa shape index (κ2) is 10.2. The fraction of sp³-hybridized carbons (Fsp3) is 0.529. The molecule has 0 fully saturated rings. The second-order valence-corrected chi connectivity index (χ2v) is 9.59. The first-order valence-corrected chi connectivity index (χ1v) is 10.7. The standard InChI is InChI=1S/C17H26BrN2O4P/c1-3-5-12-23-25(22,24-13-6-4-2)17(18,16(19)20)15(21)14-10-8-7-9-11-14/h7-11H,3-6,12-13H2,1-2H3,(H3,19,20). The Morgan fingerprint density at radius 2 is 1.64 bits per heavy atom. The molecule has 8 heteroatoms. The summed E-state index contributed by atoms with van der Waals surface area (Å²) in [5, 5.41) is 7.92. The van der Waals surface area contributed by atoms with Gasteiger partial charge in [-0.25, -0.2) is 0 Å². The molecule has 0 bridgehead atoms. The van der Waals surface area contributed by atoms with Crippen LogP contribution in [0.15, 0.2) is 30.3 Å². The molecule has 0 aliphatic rings. The van der Waals surface area contributed by atoms with Crippen LogP contribution >= 0.6 is 23.5 Å². The van der Waals surface area contributed by atoms with Gasteiger partial charge in [-0.05, 0) is 12.8 Å². The normalized spacial score (nSPS) is 14.0. The number of nitrogens with two attached hydrogens (primary N) is 1. The van der Waals surface area contributed by atoms with Crippen LogP contribution in [0.1, 0.15) is 49.9 Å². The number of Topliss-reactive ketones (excluding diaryl/α,β-unsaturated/α-hetero) is 1. The van der Waals surface area contributed by atoms with Crippen molar-refractivity contribution in [2.75, 3.05) is 13.2 Å². The van der Waals surface area contributed by atoms with Crippen molar-refractivity contribution in [1.82, 2.24) is 0 Å². The summed E-state index contributed by atoms with van der Waals surface area (Å²) in [7, 11) is -4.06. The molecule has 0 heterocycles. The van der Waals surface area contributed by atoms with E-state index < -0.39 is 23.3 Å². The van der Waals surface area contributed by atoms with Gasteiger partial charge in [-0.15, -0.1) is 0 Å². The van der Waals surface area contributed by atoms with Crippen LogP contribution in [-0.4, -0.2) is 28.9 Å². The minimum Gasteiger partial charge on any atom is -0.386 e. The van der Waals surface area contributed by atoms with E-state index in [1.807, 2.05) is 13.8 Å². The third-order valence-corrected chi connectivity index (χ3v) is 7.92. The van der Waals surface area contributed by atoms with Gasteiger partial charge in [-0.3, -0.25) is 14.8 Å². The molecule has 0 spiro atoms. The van der Waals surface area contributed by atoms with E-state index in [0.717, 1.165) is 12.8 Å². The molecule has 140 valence electrons. The quantitative estimate of drug-likeness (QED) is 0.124. The average molecular weight is 433 g/mol. The van der Waals surface area contributed by atoms with E-state index in [1.165, 1.54) is 0 Å². The van der Waals surface area contributed by atoms with E-state index in [4.69, 9.17) is 20.2 Å². The Hall–Kier alpha value is -1.01. The van der Waals surface area contributed by atoms with Crippen molar-refractivity contribution in [3.05, 3.63) is 35.9 Å². The Kier molecular flexibility index (Phi) is 9.00. The Labute approximate surface area is 157 Å². The molecule has 1 rings (SSSR count). The molecular weight excluding hydrogens is 407 g/mol. The van der Waals surface area contributed by atoms with Crippen molar-refractivity contribution in [3.8, 4) is 0 Å². The molecule has 0 aromatic heterocycles. The van der Waals surface area contributed by atoms with Crippen molar-refractivity contribution < 1.29 is 18.4 Å². The minimum absolute atomic E-state index is 0.155. The number of hydrogen-bond donors (Lipinski definition) is 2. The zero-order valence-electron chi connectivity index (χ0n) is 14.7. The molecule has 0 aliphatic heterocycles. The summed E-state index contributed by atoms with van der Waals surface area (Å²) in [4.78, 5) is 13.0. The maximum absolute atomic E-state index is 13.5. The fourth-order valence-corrected chi connectivity index (χ4v) is 4.73. The fourth-order valence-electron chi connectivity index (χ4n) is 2.05. The second-order valence-electron chi connectivity index (χ2n) is 5.60. The lowest BCUT2D eigenvalue weighted by Gasteiger charge is -2.32. The van der Waals surface area contributed by atoms with Crippen molar-refractivity contribution >= 4 is 35.1 Å². The highest BCUT2D eigenvalue weighted by molar-refractivity contribution is 9.11. The van der Waals surface area contributed by atoms with E-state index in [2.05, 4.69) is 15.9 Å². The lowest BCUT2D eigenvalue weighted by atomic mass is 10.1. The van der Waals surface area contributed by atoms with Crippen LogP contribution in [0.25, 0.3) is 0 Å². The summed E-state index contributed by atoms with van der Waals surface area (Å²) in [5.41, 5.74) is 5.96. The van der Waals surface area contributed by atoms with Gasteiger partial charge in [0, 0.05) is 5.56 Å². The van der Waals surface area contributed by atoms with E-state index in [-0.39, 0.29) is 18.8 Å². The van der Waals surface area contributed by atoms with Crippen LogP contribution in [0.2, 0.25) is 0 Å². The Bertz CT molecular complexity index is 612. The van der Waals surface area contributed by atoms with Gasteiger partial charge in [0.05, 0.1) is 13.2 Å². The van der Waals surface area contributed by atoms with Gasteiger partial charge in [-0.1, -0.05) is 73.0 Å². The van der Waals surface area contributed by atoms with Crippen molar-refractivity contribution in [3.63, 3.8) is 0 Å². The molecule has 0 aliphatic carbocycles. The molecule has 1 atom stereocenters. The smallest absolute Gasteiger partial charge is 0.362 e. The van der Waals surface area contributed by atoms with Crippen LogP contribution in [-0.2, 0) is 13.6 Å². The largest absolute Gasteiger partial charge is 0.386 e. The molecule has 1 aromatic carbocycles. The molecule has 0 amide bonds. The van der Waals surface area contributed by atoms with Crippen molar-refractivity contribution in [1.29, 1.82) is 5.41 Å². The van der Waals surface area contributed by atoms with Crippen LogP contribution in [0.5, 0.6) is 0 Å². The maximum atomic E-state index is 13.5. The highest BCUT2D eigenvalue weighted by Gasteiger charge is 2.58. The first-order valence-electron chi connectivity index (χ1n) is 8.36. The number of benzene rings is 1. The predicted molar refractivity (Wildman–Crippen MR) is 104 cm³/mol. The molecule has 0 saturated carbocycles. The SMILES string of the molecule is CCCCOP(=O)(OCCCC)C(Br)(C(=N)N)C(=O)c1ccccc1. The number of carbonyl (C=O) groups excluding carboxylic acids is 1. The number of alkyl halides is 1. The summed E-state index contributed by atoms with van der Waals surface area (Å²) >= 11 is 3.17. The number of ketones is 1. The van der Waals surface area contributed by atoms with Gasteiger partial charge in [0.25, 0.3) is 0 Å². The molecule has 0 saturated heterocycles. The maximum Gasteiger partial charge on any atom is 0.362 e. The lowest BCUT2D eigenvalue weighted by Crippen LogP contribution is -2.45. The number of carbonyl (C=O) groups is 1. The number of rotatable bonds is 12. The number of amidine groups is 1. The van der Waals surface area contributed by atoms with E-state index in [1.54, 1.807) is 30.3 Å². The third-order valence-electron chi connectivity index (χ3n) is 3.59. The zero-order chi connectivity index (χ0) is 18.9. The molecular formula is C17H26BrN2O4P. The summed E-state index contributed by atoms with van der Waals surface area (Å²) in [5.74, 6) is -1.21. The number of nitrogens with one attached hydrogen (secondary N) is 1. The highest BCUT2D eigenvalue weighted by atomic mass is 79.9. The third kappa shape index (κ3) is 5.23. The van der Waals surface area contributed by atoms with E-state index in [0.29, 0.717) is 12.8 Å². The van der Waals surface area contributed by atoms with Gasteiger partial charge in [0.2, 0.25) is 4.07 Å². The van der Waals surface area contributed by atoms with E-state index >= 15 is 0 Å².